The first-order valence-electron chi connectivity index (χ1n) is 9.48. The fourth-order valence-corrected chi connectivity index (χ4v) is 4.89. The zero-order valence-electron chi connectivity index (χ0n) is 16.9. The Morgan fingerprint density at radius 3 is 2.74 bits per heavy atom. The van der Waals surface area contributed by atoms with Crippen molar-refractivity contribution in [3.05, 3.63) is 35.0 Å². The molecule has 1 saturated heterocycles. The van der Waals surface area contributed by atoms with Crippen molar-refractivity contribution >= 4 is 26.7 Å². The highest BCUT2D eigenvalue weighted by molar-refractivity contribution is 7.92. The molecule has 6 nitrogen and oxygen atoms in total. The van der Waals surface area contributed by atoms with Gasteiger partial charge in [0, 0.05) is 36.2 Å². The van der Waals surface area contributed by atoms with Gasteiger partial charge in [-0.15, -0.1) is 0 Å². The Morgan fingerprint density at radius 2 is 2.07 bits per heavy atom. The van der Waals surface area contributed by atoms with Crippen molar-refractivity contribution in [2.75, 3.05) is 25.4 Å². The van der Waals surface area contributed by atoms with Crippen LogP contribution in [0.2, 0.25) is 0 Å². The maximum absolute atomic E-state index is 12.3. The van der Waals surface area contributed by atoms with E-state index in [-0.39, 0.29) is 5.75 Å². The molecule has 0 spiro atoms. The number of benzene rings is 1. The van der Waals surface area contributed by atoms with E-state index in [0.29, 0.717) is 19.6 Å². The fraction of sp³-hybridized carbons (Fsp3) is 0.550. The van der Waals surface area contributed by atoms with Crippen LogP contribution in [0.25, 0.3) is 10.9 Å². The maximum atomic E-state index is 12.3. The number of aliphatic imine (C=N–C) groups is 1. The Hall–Kier alpha value is -2.02. The minimum absolute atomic E-state index is 0.165. The highest BCUT2D eigenvalue weighted by Gasteiger charge is 2.40. The molecule has 1 aliphatic heterocycles. The lowest BCUT2D eigenvalue weighted by molar-refractivity contribution is 0.353. The van der Waals surface area contributed by atoms with Crippen LogP contribution in [0.5, 0.6) is 0 Å². The van der Waals surface area contributed by atoms with Crippen molar-refractivity contribution in [3.8, 4) is 0 Å². The quantitative estimate of drug-likeness (QED) is 0.624. The van der Waals surface area contributed by atoms with Crippen LogP contribution in [-0.2, 0) is 16.4 Å². The van der Waals surface area contributed by atoms with Crippen molar-refractivity contribution in [1.82, 2.24) is 15.2 Å². The summed E-state index contributed by atoms with van der Waals surface area (Å²) in [5.41, 5.74) is 4.75. The number of aromatic amines is 1. The lowest BCUT2D eigenvalue weighted by Crippen LogP contribution is -2.57. The summed E-state index contributed by atoms with van der Waals surface area (Å²) < 4.78 is 23.8. The molecular weight excluding hydrogens is 360 g/mol. The van der Waals surface area contributed by atoms with Crippen LogP contribution in [0.15, 0.2) is 23.2 Å². The number of nitrogens with zero attached hydrogens (tertiary/aromatic N) is 2. The Morgan fingerprint density at radius 1 is 1.33 bits per heavy atom. The molecule has 27 heavy (non-hydrogen) atoms. The van der Waals surface area contributed by atoms with Crippen LogP contribution < -0.4 is 5.32 Å². The van der Waals surface area contributed by atoms with Gasteiger partial charge in [0.25, 0.3) is 0 Å². The number of fused-ring (bicyclic) bond motifs is 1. The van der Waals surface area contributed by atoms with E-state index in [9.17, 15) is 8.42 Å². The van der Waals surface area contributed by atoms with Gasteiger partial charge in [0.15, 0.2) is 15.8 Å². The molecule has 0 radical (unpaired) electrons. The van der Waals surface area contributed by atoms with E-state index < -0.39 is 14.6 Å². The first-order chi connectivity index (χ1) is 12.6. The molecule has 1 aromatic carbocycles. The summed E-state index contributed by atoms with van der Waals surface area (Å²) >= 11 is 0. The third kappa shape index (κ3) is 3.83. The molecule has 2 heterocycles. The average molecular weight is 391 g/mol. The Kier molecular flexibility index (Phi) is 5.25. The van der Waals surface area contributed by atoms with Gasteiger partial charge >= 0.3 is 0 Å². The van der Waals surface area contributed by atoms with Crippen molar-refractivity contribution in [2.45, 2.75) is 45.9 Å². The molecule has 2 N–H and O–H groups in total. The summed E-state index contributed by atoms with van der Waals surface area (Å²) in [6, 6.07) is 6.38. The first kappa shape index (κ1) is 19.7. The van der Waals surface area contributed by atoms with Gasteiger partial charge in [-0.3, -0.25) is 0 Å². The van der Waals surface area contributed by atoms with Crippen molar-refractivity contribution in [3.63, 3.8) is 0 Å². The highest BCUT2D eigenvalue weighted by atomic mass is 32.2. The smallest absolute Gasteiger partial charge is 0.194 e. The maximum Gasteiger partial charge on any atom is 0.194 e. The van der Waals surface area contributed by atoms with Crippen LogP contribution in [0.4, 0.5) is 0 Å². The summed E-state index contributed by atoms with van der Waals surface area (Å²) in [5, 5.41) is 4.55. The van der Waals surface area contributed by atoms with Gasteiger partial charge in [-0.2, -0.15) is 0 Å². The molecule has 148 valence electrons. The summed E-state index contributed by atoms with van der Waals surface area (Å²) in [7, 11) is -3.06. The first-order valence-corrected chi connectivity index (χ1v) is 11.1. The number of hydrogen-bond donors (Lipinski definition) is 2. The summed E-state index contributed by atoms with van der Waals surface area (Å²) in [4.78, 5) is 10.2. The second-order valence-electron chi connectivity index (χ2n) is 7.93. The number of H-pyrrole nitrogens is 1. The molecular formula is C20H30N4O2S. The van der Waals surface area contributed by atoms with Crippen molar-refractivity contribution in [1.29, 1.82) is 0 Å². The molecule has 2 aromatic rings. The zero-order chi connectivity index (χ0) is 19.8. The second kappa shape index (κ2) is 7.19. The van der Waals surface area contributed by atoms with Gasteiger partial charge in [-0.25, -0.2) is 13.4 Å². The minimum atomic E-state index is -3.06. The number of rotatable bonds is 3. The van der Waals surface area contributed by atoms with Gasteiger partial charge < -0.3 is 15.2 Å². The summed E-state index contributed by atoms with van der Waals surface area (Å²) in [6.07, 6.45) is 0. The molecule has 0 saturated carbocycles. The Balaban J connectivity index is 1.83. The number of aromatic nitrogens is 1. The van der Waals surface area contributed by atoms with Crippen LogP contribution >= 0.6 is 0 Å². The highest BCUT2D eigenvalue weighted by Crippen LogP contribution is 2.25. The minimum Gasteiger partial charge on any atom is -0.358 e. The lowest BCUT2D eigenvalue weighted by Gasteiger charge is -2.39. The molecule has 0 unspecified atom stereocenters. The normalized spacial score (nSPS) is 19.4. The SMILES string of the molecule is CCNC(=NCc1ccc2[nH]c(C)c(C)c2c1)N1CCS(=O)(=O)C(C)(C)C1. The van der Waals surface area contributed by atoms with E-state index in [1.807, 2.05) is 6.92 Å². The second-order valence-corrected chi connectivity index (χ2v) is 10.7. The number of sulfone groups is 1. The summed E-state index contributed by atoms with van der Waals surface area (Å²) in [6.45, 7) is 12.1. The largest absolute Gasteiger partial charge is 0.358 e. The molecule has 1 fully saturated rings. The summed E-state index contributed by atoms with van der Waals surface area (Å²) in [5.74, 6) is 0.945. The molecule has 1 aromatic heterocycles. The van der Waals surface area contributed by atoms with E-state index in [1.165, 1.54) is 16.6 Å². The van der Waals surface area contributed by atoms with Gasteiger partial charge in [0.2, 0.25) is 0 Å². The number of guanidine groups is 1. The number of nitrogens with one attached hydrogen (secondary N) is 2. The molecule has 0 atom stereocenters. The standard InChI is InChI=1S/C20H30N4O2S/c1-6-21-19(24-9-10-27(25,26)20(4,5)13-24)22-12-16-7-8-18-17(11-16)14(2)15(3)23-18/h7-8,11,23H,6,9-10,12-13H2,1-5H3,(H,21,22). The zero-order valence-corrected chi connectivity index (χ0v) is 17.7. The van der Waals surface area contributed by atoms with Crippen molar-refractivity contribution in [2.24, 2.45) is 4.99 Å². The van der Waals surface area contributed by atoms with Crippen molar-refractivity contribution < 1.29 is 8.42 Å². The molecule has 3 rings (SSSR count). The number of aryl methyl sites for hydroxylation is 2. The van der Waals surface area contributed by atoms with E-state index in [0.717, 1.165) is 23.6 Å². The molecule has 0 bridgehead atoms. The molecule has 0 aliphatic carbocycles. The topological polar surface area (TPSA) is 77.6 Å². The van der Waals surface area contributed by atoms with E-state index in [2.05, 4.69) is 47.2 Å². The Bertz CT molecular complexity index is 973. The molecule has 0 amide bonds. The van der Waals surface area contributed by atoms with Gasteiger partial charge in [0.05, 0.1) is 17.0 Å². The van der Waals surface area contributed by atoms with Gasteiger partial charge in [0.1, 0.15) is 0 Å². The predicted octanol–water partition coefficient (Wildman–Crippen LogP) is 2.76. The van der Waals surface area contributed by atoms with E-state index in [4.69, 9.17) is 4.99 Å². The van der Waals surface area contributed by atoms with Crippen LogP contribution in [0, 0.1) is 13.8 Å². The number of hydrogen-bond acceptors (Lipinski definition) is 3. The third-order valence-corrected chi connectivity index (χ3v) is 7.99. The molecule has 1 aliphatic rings. The van der Waals surface area contributed by atoms with E-state index >= 15 is 0 Å². The average Bonchev–Trinajstić information content (AvgIpc) is 2.88. The van der Waals surface area contributed by atoms with Crippen LogP contribution in [-0.4, -0.2) is 54.4 Å². The third-order valence-electron chi connectivity index (χ3n) is 5.46. The fourth-order valence-electron chi connectivity index (χ4n) is 3.52. The van der Waals surface area contributed by atoms with Crippen LogP contribution in [0.3, 0.4) is 0 Å². The van der Waals surface area contributed by atoms with Gasteiger partial charge in [-0.1, -0.05) is 6.07 Å². The Labute approximate surface area is 162 Å². The molecule has 7 heteroatoms. The predicted molar refractivity (Wildman–Crippen MR) is 112 cm³/mol. The monoisotopic (exact) mass is 390 g/mol. The lowest BCUT2D eigenvalue weighted by atomic mass is 10.1. The van der Waals surface area contributed by atoms with Crippen LogP contribution in [0.1, 0.15) is 37.6 Å². The van der Waals surface area contributed by atoms with Gasteiger partial charge in [-0.05, 0) is 57.9 Å². The van der Waals surface area contributed by atoms with E-state index in [1.54, 1.807) is 13.8 Å².